The first-order valence-corrected chi connectivity index (χ1v) is 5.54. The van der Waals surface area contributed by atoms with Crippen molar-refractivity contribution >= 4 is 17.3 Å². The fraction of sp³-hybridized carbons (Fsp3) is 0.417. The van der Waals surface area contributed by atoms with E-state index in [4.69, 9.17) is 5.73 Å². The van der Waals surface area contributed by atoms with Crippen LogP contribution in [0.4, 0.5) is 20.2 Å². The van der Waals surface area contributed by atoms with Gasteiger partial charge in [0.1, 0.15) is 11.5 Å². The number of nitrogen functional groups attached to an aromatic ring is 1. The Hall–Kier alpha value is -1.65. The fourth-order valence-corrected chi connectivity index (χ4v) is 1.61. The number of anilines is 2. The maximum atomic E-state index is 13.4. The number of rotatable bonds is 4. The van der Waals surface area contributed by atoms with Crippen LogP contribution in [0.1, 0.15) is 26.7 Å². The zero-order valence-corrected chi connectivity index (χ0v) is 9.89. The molecule has 17 heavy (non-hydrogen) atoms. The molecular formula is C12H16F2N2O. The van der Waals surface area contributed by atoms with Crippen LogP contribution in [0.25, 0.3) is 0 Å². The van der Waals surface area contributed by atoms with E-state index in [1.165, 1.54) is 0 Å². The minimum absolute atomic E-state index is 0.109. The Balaban J connectivity index is 2.92. The number of carbonyl (C=O) groups excluding carboxylic acids is 1. The third kappa shape index (κ3) is 3.15. The van der Waals surface area contributed by atoms with Crippen LogP contribution in [0.15, 0.2) is 12.1 Å². The number of nitrogens with one attached hydrogen (secondary N) is 1. The summed E-state index contributed by atoms with van der Waals surface area (Å²) in [6.07, 6.45) is 1.32. The highest BCUT2D eigenvalue weighted by molar-refractivity contribution is 5.95. The Morgan fingerprint density at radius 2 is 1.94 bits per heavy atom. The lowest BCUT2D eigenvalue weighted by Gasteiger charge is -2.14. The summed E-state index contributed by atoms with van der Waals surface area (Å²) >= 11 is 0. The molecule has 3 nitrogen and oxygen atoms in total. The van der Waals surface area contributed by atoms with Crippen molar-refractivity contribution in [3.05, 3.63) is 23.8 Å². The summed E-state index contributed by atoms with van der Waals surface area (Å²) in [4.78, 5) is 11.7. The molecule has 0 spiro atoms. The normalized spacial score (nSPS) is 10.6. The molecule has 0 unspecified atom stereocenters. The highest BCUT2D eigenvalue weighted by Crippen LogP contribution is 2.25. The number of amides is 1. The van der Waals surface area contributed by atoms with Crippen LogP contribution in [-0.2, 0) is 4.79 Å². The van der Waals surface area contributed by atoms with Gasteiger partial charge in [-0.2, -0.15) is 0 Å². The average molecular weight is 242 g/mol. The quantitative estimate of drug-likeness (QED) is 0.797. The van der Waals surface area contributed by atoms with Crippen molar-refractivity contribution in [3.8, 4) is 0 Å². The van der Waals surface area contributed by atoms with Gasteiger partial charge in [0.25, 0.3) is 0 Å². The number of benzene rings is 1. The molecule has 0 bridgehead atoms. The van der Waals surface area contributed by atoms with E-state index in [1.807, 2.05) is 13.8 Å². The lowest BCUT2D eigenvalue weighted by atomic mass is 10.0. The van der Waals surface area contributed by atoms with Gasteiger partial charge >= 0.3 is 0 Å². The minimum Gasteiger partial charge on any atom is -0.397 e. The van der Waals surface area contributed by atoms with Gasteiger partial charge in [-0.3, -0.25) is 4.79 Å². The van der Waals surface area contributed by atoms with E-state index in [0.29, 0.717) is 18.9 Å². The van der Waals surface area contributed by atoms with Crippen molar-refractivity contribution in [2.24, 2.45) is 5.92 Å². The number of nitrogens with two attached hydrogens (primary N) is 1. The summed E-state index contributed by atoms with van der Waals surface area (Å²) in [6.45, 7) is 3.75. The van der Waals surface area contributed by atoms with Crippen LogP contribution >= 0.6 is 0 Å². The molecule has 0 aliphatic rings. The molecule has 0 radical (unpaired) electrons. The molecule has 1 aromatic carbocycles. The highest BCUT2D eigenvalue weighted by atomic mass is 19.1. The lowest BCUT2D eigenvalue weighted by Crippen LogP contribution is -2.23. The van der Waals surface area contributed by atoms with Crippen LogP contribution in [0.3, 0.4) is 0 Å². The molecule has 0 fully saturated rings. The molecule has 1 aromatic rings. The zero-order chi connectivity index (χ0) is 13.0. The fourth-order valence-electron chi connectivity index (χ4n) is 1.61. The van der Waals surface area contributed by atoms with E-state index >= 15 is 0 Å². The molecular weight excluding hydrogens is 226 g/mol. The summed E-state index contributed by atoms with van der Waals surface area (Å²) in [5.74, 6) is -2.12. The molecule has 1 rings (SSSR count). The summed E-state index contributed by atoms with van der Waals surface area (Å²) < 4.78 is 26.2. The number of halogens is 2. The molecule has 0 atom stereocenters. The highest BCUT2D eigenvalue weighted by Gasteiger charge is 2.17. The summed E-state index contributed by atoms with van der Waals surface area (Å²) in [5.41, 5.74) is 5.20. The van der Waals surface area contributed by atoms with Crippen LogP contribution in [0.5, 0.6) is 0 Å². The third-order valence-corrected chi connectivity index (χ3v) is 2.69. The SMILES string of the molecule is CCC(CC)C(=O)Nc1c(N)cc(F)cc1F. The molecule has 0 aliphatic heterocycles. The van der Waals surface area contributed by atoms with Crippen LogP contribution in [-0.4, -0.2) is 5.91 Å². The van der Waals surface area contributed by atoms with Gasteiger partial charge in [0.15, 0.2) is 5.82 Å². The minimum atomic E-state index is -0.859. The van der Waals surface area contributed by atoms with E-state index in [9.17, 15) is 13.6 Å². The molecule has 5 heteroatoms. The predicted octanol–water partition coefficient (Wildman–Crippen LogP) is 2.92. The Bertz CT molecular complexity index is 394. The molecule has 0 saturated carbocycles. The van der Waals surface area contributed by atoms with E-state index < -0.39 is 11.6 Å². The Morgan fingerprint density at radius 1 is 1.35 bits per heavy atom. The summed E-state index contributed by atoms with van der Waals surface area (Å²) in [6, 6.07) is 1.67. The second kappa shape index (κ2) is 5.61. The van der Waals surface area contributed by atoms with Crippen LogP contribution in [0.2, 0.25) is 0 Å². The molecule has 0 aliphatic carbocycles. The third-order valence-electron chi connectivity index (χ3n) is 2.69. The zero-order valence-electron chi connectivity index (χ0n) is 9.89. The van der Waals surface area contributed by atoms with Crippen molar-refractivity contribution in [1.29, 1.82) is 0 Å². The topological polar surface area (TPSA) is 55.1 Å². The first-order chi connectivity index (χ1) is 7.99. The standard InChI is InChI=1S/C12H16F2N2O/c1-3-7(4-2)12(17)16-11-9(14)5-8(13)6-10(11)15/h5-7H,3-4,15H2,1-2H3,(H,16,17). The second-order valence-electron chi connectivity index (χ2n) is 3.85. The first kappa shape index (κ1) is 13.4. The number of hydrogen-bond donors (Lipinski definition) is 2. The second-order valence-corrected chi connectivity index (χ2v) is 3.85. The largest absolute Gasteiger partial charge is 0.397 e. The van der Waals surface area contributed by atoms with E-state index in [1.54, 1.807) is 0 Å². The van der Waals surface area contributed by atoms with Gasteiger partial charge in [-0.05, 0) is 18.9 Å². The van der Waals surface area contributed by atoms with Gasteiger partial charge in [0.2, 0.25) is 5.91 Å². The Labute approximate surface area is 99.0 Å². The maximum Gasteiger partial charge on any atom is 0.227 e. The Morgan fingerprint density at radius 3 is 2.41 bits per heavy atom. The smallest absolute Gasteiger partial charge is 0.227 e. The predicted molar refractivity (Wildman–Crippen MR) is 63.5 cm³/mol. The summed E-state index contributed by atoms with van der Waals surface area (Å²) in [5, 5.41) is 2.40. The average Bonchev–Trinajstić information content (AvgIpc) is 2.25. The van der Waals surface area contributed by atoms with Gasteiger partial charge in [-0.15, -0.1) is 0 Å². The van der Waals surface area contributed by atoms with Gasteiger partial charge in [-0.1, -0.05) is 13.8 Å². The van der Waals surface area contributed by atoms with Gasteiger partial charge in [0.05, 0.1) is 5.69 Å². The van der Waals surface area contributed by atoms with E-state index in [-0.39, 0.29) is 23.2 Å². The molecule has 0 heterocycles. The summed E-state index contributed by atoms with van der Waals surface area (Å²) in [7, 11) is 0. The van der Waals surface area contributed by atoms with Crippen molar-refractivity contribution < 1.29 is 13.6 Å². The monoisotopic (exact) mass is 242 g/mol. The van der Waals surface area contributed by atoms with Gasteiger partial charge in [0, 0.05) is 12.0 Å². The maximum absolute atomic E-state index is 13.4. The molecule has 0 aromatic heterocycles. The molecule has 1 amide bonds. The van der Waals surface area contributed by atoms with Crippen molar-refractivity contribution in [2.45, 2.75) is 26.7 Å². The van der Waals surface area contributed by atoms with E-state index in [2.05, 4.69) is 5.32 Å². The van der Waals surface area contributed by atoms with E-state index in [0.717, 1.165) is 6.07 Å². The van der Waals surface area contributed by atoms with Crippen molar-refractivity contribution in [3.63, 3.8) is 0 Å². The first-order valence-electron chi connectivity index (χ1n) is 5.54. The lowest BCUT2D eigenvalue weighted by molar-refractivity contribution is -0.120. The van der Waals surface area contributed by atoms with Gasteiger partial charge in [-0.25, -0.2) is 8.78 Å². The number of carbonyl (C=O) groups is 1. The van der Waals surface area contributed by atoms with Crippen LogP contribution in [0, 0.1) is 17.6 Å². The molecule has 94 valence electrons. The molecule has 0 saturated heterocycles. The molecule has 3 N–H and O–H groups in total. The Kier molecular flexibility index (Phi) is 4.43. The van der Waals surface area contributed by atoms with Crippen LogP contribution < -0.4 is 11.1 Å². The van der Waals surface area contributed by atoms with Crippen molar-refractivity contribution in [1.82, 2.24) is 0 Å². The number of hydrogen-bond acceptors (Lipinski definition) is 2. The van der Waals surface area contributed by atoms with Gasteiger partial charge < -0.3 is 11.1 Å². The van der Waals surface area contributed by atoms with Crippen molar-refractivity contribution in [2.75, 3.05) is 11.1 Å².